The van der Waals surface area contributed by atoms with E-state index in [1.807, 2.05) is 0 Å². The Morgan fingerprint density at radius 2 is 1.62 bits per heavy atom. The van der Waals surface area contributed by atoms with Crippen LogP contribution in [0.2, 0.25) is 0 Å². The van der Waals surface area contributed by atoms with E-state index >= 15 is 0 Å². The van der Waals surface area contributed by atoms with Crippen molar-refractivity contribution in [2.24, 2.45) is 0 Å². The second kappa shape index (κ2) is 5.49. The van der Waals surface area contributed by atoms with Gasteiger partial charge in [0, 0.05) is 16.7 Å². The monoisotopic (exact) mass is 326 g/mol. The number of hydrogen-bond acceptors (Lipinski definition) is 6. The van der Waals surface area contributed by atoms with Gasteiger partial charge in [-0.05, 0) is 36.8 Å². The van der Waals surface area contributed by atoms with E-state index in [1.54, 1.807) is 13.0 Å². The molecule has 0 fully saturated rings. The Kier molecular flexibility index (Phi) is 3.60. The maximum Gasteiger partial charge on any atom is 0.341 e. The Labute approximate surface area is 137 Å². The molecule has 6 nitrogen and oxygen atoms in total. The van der Waals surface area contributed by atoms with Crippen molar-refractivity contribution in [1.82, 2.24) is 0 Å². The van der Waals surface area contributed by atoms with Gasteiger partial charge in [0.15, 0.2) is 11.6 Å². The number of aryl methyl sites for hydroxylation is 1. The lowest BCUT2D eigenvalue weighted by molar-refractivity contribution is 0.0596. The van der Waals surface area contributed by atoms with Crippen LogP contribution in [0.1, 0.15) is 47.8 Å². The number of fused-ring (bicyclic) bond motifs is 2. The smallest absolute Gasteiger partial charge is 0.341 e. The number of esters is 1. The van der Waals surface area contributed by atoms with Crippen LogP contribution in [-0.4, -0.2) is 36.9 Å². The summed E-state index contributed by atoms with van der Waals surface area (Å²) in [7, 11) is 2.56. The lowest BCUT2D eigenvalue weighted by atomic mass is 9.82. The molecule has 0 aromatic heterocycles. The van der Waals surface area contributed by atoms with Crippen LogP contribution in [0.4, 0.5) is 0 Å². The molecule has 122 valence electrons. The average Bonchev–Trinajstić information content (AvgIpc) is 2.57. The van der Waals surface area contributed by atoms with E-state index in [2.05, 4.69) is 4.74 Å². The average molecular weight is 326 g/mol. The van der Waals surface area contributed by atoms with E-state index < -0.39 is 17.5 Å². The fraction of sp³-hybridized carbons (Fsp3) is 0.167. The molecule has 24 heavy (non-hydrogen) atoms. The number of carbonyl (C=O) groups excluding carboxylic acids is 3. The Hall–Kier alpha value is -3.15. The molecule has 0 saturated carbocycles. The van der Waals surface area contributed by atoms with Gasteiger partial charge >= 0.3 is 5.97 Å². The largest absolute Gasteiger partial charge is 0.507 e. The van der Waals surface area contributed by atoms with Crippen LogP contribution in [0.5, 0.6) is 11.5 Å². The first kappa shape index (κ1) is 15.7. The van der Waals surface area contributed by atoms with E-state index in [4.69, 9.17) is 4.74 Å². The number of aromatic hydroxyl groups is 1. The minimum absolute atomic E-state index is 0.0361. The Morgan fingerprint density at radius 3 is 2.25 bits per heavy atom. The molecule has 0 amide bonds. The first-order valence-corrected chi connectivity index (χ1v) is 7.12. The van der Waals surface area contributed by atoms with Crippen molar-refractivity contribution >= 4 is 17.5 Å². The van der Waals surface area contributed by atoms with Gasteiger partial charge in [0.1, 0.15) is 17.1 Å². The molecule has 0 spiro atoms. The molecular weight excluding hydrogens is 312 g/mol. The topological polar surface area (TPSA) is 89.9 Å². The van der Waals surface area contributed by atoms with Crippen molar-refractivity contribution in [2.75, 3.05) is 14.2 Å². The fourth-order valence-corrected chi connectivity index (χ4v) is 2.86. The number of carbonyl (C=O) groups is 3. The van der Waals surface area contributed by atoms with Crippen LogP contribution in [0.3, 0.4) is 0 Å². The molecule has 2 aromatic carbocycles. The van der Waals surface area contributed by atoms with E-state index in [1.165, 1.54) is 32.4 Å². The highest BCUT2D eigenvalue weighted by molar-refractivity contribution is 6.30. The summed E-state index contributed by atoms with van der Waals surface area (Å²) in [6.45, 7) is 1.71. The van der Waals surface area contributed by atoms with Crippen molar-refractivity contribution in [2.45, 2.75) is 6.92 Å². The predicted octanol–water partition coefficient (Wildman–Crippen LogP) is 2.27. The molecule has 0 bridgehead atoms. The molecule has 1 N–H and O–H groups in total. The maximum atomic E-state index is 12.8. The third-order valence-corrected chi connectivity index (χ3v) is 3.97. The van der Waals surface area contributed by atoms with E-state index in [0.29, 0.717) is 5.56 Å². The summed E-state index contributed by atoms with van der Waals surface area (Å²) in [5.74, 6) is -1.73. The normalized spacial score (nSPS) is 12.5. The number of rotatable bonds is 2. The summed E-state index contributed by atoms with van der Waals surface area (Å²) in [5.41, 5.74) is 0.949. The van der Waals surface area contributed by atoms with Gasteiger partial charge in [-0.1, -0.05) is 0 Å². The third kappa shape index (κ3) is 2.15. The lowest BCUT2D eigenvalue weighted by Gasteiger charge is -2.20. The molecule has 6 heteroatoms. The Balaban J connectivity index is 2.30. The number of benzene rings is 2. The Morgan fingerprint density at radius 1 is 0.958 bits per heavy atom. The molecule has 1 aliphatic carbocycles. The van der Waals surface area contributed by atoms with Crippen molar-refractivity contribution in [1.29, 1.82) is 0 Å². The maximum absolute atomic E-state index is 12.8. The van der Waals surface area contributed by atoms with Crippen LogP contribution in [-0.2, 0) is 4.74 Å². The van der Waals surface area contributed by atoms with Gasteiger partial charge in [0.25, 0.3) is 0 Å². The summed E-state index contributed by atoms with van der Waals surface area (Å²) in [6.07, 6.45) is 0. The summed E-state index contributed by atoms with van der Waals surface area (Å²) in [6, 6.07) is 5.59. The number of methoxy groups -OCH3 is 2. The standard InChI is InChI=1S/C18H14O6/c1-8-4-12-15(13(19)5-8)17(21)10-7-14(23-2)11(18(22)24-3)6-9(10)16(12)20/h4-7,19H,1-3H3. The van der Waals surface area contributed by atoms with Crippen LogP contribution in [0.25, 0.3) is 0 Å². The minimum atomic E-state index is -0.673. The number of ether oxygens (including phenoxy) is 2. The van der Waals surface area contributed by atoms with Gasteiger partial charge < -0.3 is 14.6 Å². The van der Waals surface area contributed by atoms with E-state index in [-0.39, 0.29) is 39.3 Å². The van der Waals surface area contributed by atoms with E-state index in [9.17, 15) is 19.5 Å². The number of phenols is 1. The molecule has 0 atom stereocenters. The molecule has 2 aromatic rings. The van der Waals surface area contributed by atoms with Crippen molar-refractivity contribution in [3.05, 3.63) is 57.6 Å². The lowest BCUT2D eigenvalue weighted by Crippen LogP contribution is -2.22. The quantitative estimate of drug-likeness (QED) is 0.727. The van der Waals surface area contributed by atoms with Crippen molar-refractivity contribution in [3.63, 3.8) is 0 Å². The summed E-state index contributed by atoms with van der Waals surface area (Å²) < 4.78 is 9.81. The second-order valence-corrected chi connectivity index (χ2v) is 5.45. The third-order valence-electron chi connectivity index (χ3n) is 3.97. The van der Waals surface area contributed by atoms with Gasteiger partial charge in [0.05, 0.1) is 19.8 Å². The summed E-state index contributed by atoms with van der Waals surface area (Å²) in [5, 5.41) is 10.1. The molecule has 3 rings (SSSR count). The molecule has 0 heterocycles. The molecular formula is C18H14O6. The fourth-order valence-electron chi connectivity index (χ4n) is 2.86. The summed E-state index contributed by atoms with van der Waals surface area (Å²) in [4.78, 5) is 37.4. The zero-order valence-corrected chi connectivity index (χ0v) is 13.3. The van der Waals surface area contributed by atoms with Gasteiger partial charge in [-0.2, -0.15) is 0 Å². The van der Waals surface area contributed by atoms with Crippen LogP contribution >= 0.6 is 0 Å². The molecule has 0 saturated heterocycles. The second-order valence-electron chi connectivity index (χ2n) is 5.45. The molecule has 0 unspecified atom stereocenters. The zero-order valence-electron chi connectivity index (χ0n) is 13.3. The highest BCUT2D eigenvalue weighted by Crippen LogP contribution is 2.36. The van der Waals surface area contributed by atoms with Gasteiger partial charge in [-0.3, -0.25) is 9.59 Å². The van der Waals surface area contributed by atoms with Crippen LogP contribution in [0.15, 0.2) is 24.3 Å². The van der Waals surface area contributed by atoms with Gasteiger partial charge in [0.2, 0.25) is 0 Å². The molecule has 0 aliphatic heterocycles. The zero-order chi connectivity index (χ0) is 17.6. The van der Waals surface area contributed by atoms with Gasteiger partial charge in [-0.25, -0.2) is 4.79 Å². The van der Waals surface area contributed by atoms with Crippen molar-refractivity contribution < 1.29 is 29.0 Å². The highest BCUT2D eigenvalue weighted by Gasteiger charge is 2.34. The molecule has 1 aliphatic rings. The number of phenolic OH excluding ortho intramolecular Hbond substituents is 1. The Bertz CT molecular complexity index is 910. The highest BCUT2D eigenvalue weighted by atomic mass is 16.5. The number of hydrogen-bond donors (Lipinski definition) is 1. The predicted molar refractivity (Wildman–Crippen MR) is 84.0 cm³/mol. The summed E-state index contributed by atoms with van der Waals surface area (Å²) >= 11 is 0. The van der Waals surface area contributed by atoms with Gasteiger partial charge in [-0.15, -0.1) is 0 Å². The first-order valence-electron chi connectivity index (χ1n) is 7.12. The first-order chi connectivity index (χ1) is 11.4. The van der Waals surface area contributed by atoms with Crippen molar-refractivity contribution in [3.8, 4) is 11.5 Å². The SMILES string of the molecule is COC(=O)c1cc2c(cc1OC)C(=O)c1c(O)cc(C)cc1C2=O. The van der Waals surface area contributed by atoms with Crippen LogP contribution in [0, 0.1) is 6.92 Å². The molecule has 0 radical (unpaired) electrons. The van der Waals surface area contributed by atoms with Crippen LogP contribution < -0.4 is 4.74 Å². The van der Waals surface area contributed by atoms with E-state index in [0.717, 1.165) is 0 Å². The minimum Gasteiger partial charge on any atom is -0.507 e. The number of ketones is 2.